The van der Waals surface area contributed by atoms with E-state index in [0.29, 0.717) is 24.1 Å². The molecule has 26 heavy (non-hydrogen) atoms. The number of halogens is 1. The number of benzene rings is 1. The summed E-state index contributed by atoms with van der Waals surface area (Å²) >= 11 is 6.85. The lowest BCUT2D eigenvalue weighted by Crippen LogP contribution is -2.56. The Hall–Kier alpha value is -1.75. The van der Waals surface area contributed by atoms with Crippen LogP contribution in [0.5, 0.6) is 5.75 Å². The SMILES string of the molecule is CC(=O)Nc1ccc(O)c(C(=O)NCC23CC4CC(CC(Cl)(C4)C2)C3)c1. The molecule has 2 unspecified atom stereocenters. The first-order valence-electron chi connectivity index (χ1n) is 9.34. The number of phenols is 1. The fraction of sp³-hybridized carbons (Fsp3) is 0.600. The summed E-state index contributed by atoms with van der Waals surface area (Å²) in [5.74, 6) is 0.748. The van der Waals surface area contributed by atoms with Crippen molar-refractivity contribution in [1.82, 2.24) is 5.32 Å². The fourth-order valence-electron chi connectivity index (χ4n) is 5.90. The molecule has 0 saturated heterocycles. The summed E-state index contributed by atoms with van der Waals surface area (Å²) in [6.07, 6.45) is 6.74. The van der Waals surface area contributed by atoms with Gasteiger partial charge >= 0.3 is 0 Å². The summed E-state index contributed by atoms with van der Waals surface area (Å²) in [7, 11) is 0. The van der Waals surface area contributed by atoms with Gasteiger partial charge in [0.2, 0.25) is 5.91 Å². The van der Waals surface area contributed by atoms with E-state index in [4.69, 9.17) is 11.6 Å². The van der Waals surface area contributed by atoms with Crippen molar-refractivity contribution in [2.75, 3.05) is 11.9 Å². The van der Waals surface area contributed by atoms with Crippen LogP contribution in [-0.4, -0.2) is 28.3 Å². The average Bonchev–Trinajstić information content (AvgIpc) is 2.52. The number of anilines is 1. The van der Waals surface area contributed by atoms with Crippen molar-refractivity contribution in [3.63, 3.8) is 0 Å². The number of carbonyl (C=O) groups excluding carboxylic acids is 2. The third kappa shape index (κ3) is 3.29. The van der Waals surface area contributed by atoms with E-state index in [1.165, 1.54) is 25.5 Å². The van der Waals surface area contributed by atoms with Crippen LogP contribution >= 0.6 is 11.6 Å². The van der Waals surface area contributed by atoms with Gasteiger partial charge < -0.3 is 15.7 Å². The number of amides is 2. The van der Waals surface area contributed by atoms with Crippen LogP contribution in [-0.2, 0) is 4.79 Å². The molecule has 4 aliphatic rings. The molecule has 0 spiro atoms. The number of rotatable bonds is 4. The van der Waals surface area contributed by atoms with Crippen molar-refractivity contribution in [3.05, 3.63) is 23.8 Å². The second-order valence-electron chi connectivity index (χ2n) is 8.71. The van der Waals surface area contributed by atoms with Gasteiger partial charge in [-0.1, -0.05) is 0 Å². The van der Waals surface area contributed by atoms with Crippen molar-refractivity contribution in [2.45, 2.75) is 50.3 Å². The Morgan fingerprint density at radius 1 is 1.23 bits per heavy atom. The maximum absolute atomic E-state index is 12.7. The highest BCUT2D eigenvalue weighted by molar-refractivity contribution is 6.24. The minimum atomic E-state index is -0.311. The Balaban J connectivity index is 1.47. The zero-order chi connectivity index (χ0) is 18.5. The topological polar surface area (TPSA) is 78.4 Å². The standard InChI is InChI=1S/C20H25ClN2O3/c1-12(24)23-15-2-3-17(25)16(5-15)18(26)22-11-19-6-13-4-14(7-19)9-20(21,8-13)10-19/h2-3,5,13-14,25H,4,6-11H2,1H3,(H,22,26)(H,23,24). The summed E-state index contributed by atoms with van der Waals surface area (Å²) in [4.78, 5) is 23.8. The summed E-state index contributed by atoms with van der Waals surface area (Å²) in [6, 6.07) is 4.51. The Morgan fingerprint density at radius 3 is 2.54 bits per heavy atom. The van der Waals surface area contributed by atoms with Gasteiger partial charge in [0.25, 0.3) is 5.91 Å². The minimum Gasteiger partial charge on any atom is -0.507 e. The van der Waals surface area contributed by atoms with Crippen LogP contribution in [0.3, 0.4) is 0 Å². The maximum atomic E-state index is 12.7. The molecule has 2 amide bonds. The van der Waals surface area contributed by atoms with Gasteiger partial charge in [-0.3, -0.25) is 9.59 Å². The van der Waals surface area contributed by atoms with Gasteiger partial charge in [0.05, 0.1) is 5.56 Å². The van der Waals surface area contributed by atoms with E-state index in [-0.39, 0.29) is 33.4 Å². The van der Waals surface area contributed by atoms with Gasteiger partial charge in [-0.05, 0) is 74.0 Å². The van der Waals surface area contributed by atoms with E-state index in [9.17, 15) is 14.7 Å². The van der Waals surface area contributed by atoms with Crippen molar-refractivity contribution < 1.29 is 14.7 Å². The molecule has 4 saturated carbocycles. The normalized spacial score (nSPS) is 34.5. The number of carbonyl (C=O) groups is 2. The largest absolute Gasteiger partial charge is 0.507 e. The number of aromatic hydroxyl groups is 1. The number of hydrogen-bond acceptors (Lipinski definition) is 3. The quantitative estimate of drug-likeness (QED) is 0.554. The molecule has 6 heteroatoms. The Labute approximate surface area is 158 Å². The number of alkyl halides is 1. The highest BCUT2D eigenvalue weighted by atomic mass is 35.5. The zero-order valence-electron chi connectivity index (χ0n) is 15.0. The fourth-order valence-corrected chi connectivity index (χ4v) is 6.62. The molecular weight excluding hydrogens is 352 g/mol. The maximum Gasteiger partial charge on any atom is 0.255 e. The molecule has 2 atom stereocenters. The average molecular weight is 377 g/mol. The van der Waals surface area contributed by atoms with Gasteiger partial charge in [-0.25, -0.2) is 0 Å². The van der Waals surface area contributed by atoms with Crippen LogP contribution < -0.4 is 10.6 Å². The van der Waals surface area contributed by atoms with Crippen LogP contribution in [0.25, 0.3) is 0 Å². The summed E-state index contributed by atoms with van der Waals surface area (Å²) in [5, 5.41) is 15.7. The molecule has 1 aromatic rings. The highest BCUT2D eigenvalue weighted by Crippen LogP contribution is 2.63. The summed E-state index contributed by atoms with van der Waals surface area (Å²) in [5.41, 5.74) is 0.767. The van der Waals surface area contributed by atoms with Crippen LogP contribution in [0, 0.1) is 17.3 Å². The second-order valence-corrected chi connectivity index (χ2v) is 9.51. The first-order chi connectivity index (χ1) is 12.3. The molecule has 3 N–H and O–H groups in total. The van der Waals surface area contributed by atoms with Crippen molar-refractivity contribution >= 4 is 29.1 Å². The molecule has 0 radical (unpaired) electrons. The van der Waals surface area contributed by atoms with Crippen molar-refractivity contribution in [2.24, 2.45) is 17.3 Å². The van der Waals surface area contributed by atoms with E-state index >= 15 is 0 Å². The van der Waals surface area contributed by atoms with Gasteiger partial charge in [0.1, 0.15) is 5.75 Å². The third-order valence-corrected chi connectivity index (χ3v) is 6.74. The molecule has 1 aromatic carbocycles. The van der Waals surface area contributed by atoms with E-state index in [1.54, 1.807) is 6.07 Å². The van der Waals surface area contributed by atoms with E-state index in [0.717, 1.165) is 32.1 Å². The molecule has 0 aromatic heterocycles. The first-order valence-corrected chi connectivity index (χ1v) is 9.71. The summed E-state index contributed by atoms with van der Waals surface area (Å²) < 4.78 is 0. The zero-order valence-corrected chi connectivity index (χ0v) is 15.7. The smallest absolute Gasteiger partial charge is 0.255 e. The van der Waals surface area contributed by atoms with Gasteiger partial charge in [-0.2, -0.15) is 0 Å². The number of hydrogen-bond donors (Lipinski definition) is 3. The minimum absolute atomic E-state index is 0.0811. The van der Waals surface area contributed by atoms with E-state index in [1.807, 2.05) is 0 Å². The Bertz CT molecular complexity index is 749. The van der Waals surface area contributed by atoms with E-state index in [2.05, 4.69) is 10.6 Å². The van der Waals surface area contributed by atoms with Crippen molar-refractivity contribution in [3.8, 4) is 5.75 Å². The van der Waals surface area contributed by atoms with Gasteiger partial charge in [0, 0.05) is 24.0 Å². The van der Waals surface area contributed by atoms with Crippen LogP contribution in [0.4, 0.5) is 5.69 Å². The molecular formula is C20H25ClN2O3. The number of nitrogens with one attached hydrogen (secondary N) is 2. The van der Waals surface area contributed by atoms with Crippen LogP contribution in [0.2, 0.25) is 0 Å². The molecule has 4 fully saturated rings. The van der Waals surface area contributed by atoms with E-state index < -0.39 is 0 Å². The van der Waals surface area contributed by atoms with Crippen molar-refractivity contribution in [1.29, 1.82) is 0 Å². The predicted octanol–water partition coefficient (Wildman–Crippen LogP) is 3.66. The Morgan fingerprint density at radius 2 is 1.92 bits per heavy atom. The lowest BCUT2D eigenvalue weighted by molar-refractivity contribution is -0.114. The molecule has 5 rings (SSSR count). The van der Waals surface area contributed by atoms with Gasteiger partial charge in [0.15, 0.2) is 0 Å². The highest BCUT2D eigenvalue weighted by Gasteiger charge is 2.56. The molecule has 4 bridgehead atoms. The second kappa shape index (κ2) is 6.15. The number of phenolic OH excluding ortho intramolecular Hbond substituents is 1. The molecule has 4 aliphatic carbocycles. The van der Waals surface area contributed by atoms with Crippen LogP contribution in [0.15, 0.2) is 18.2 Å². The third-order valence-electron chi connectivity index (χ3n) is 6.30. The Kier molecular flexibility index (Phi) is 4.18. The summed E-state index contributed by atoms with van der Waals surface area (Å²) in [6.45, 7) is 2.00. The lowest BCUT2D eigenvalue weighted by atomic mass is 9.49. The molecule has 0 aliphatic heterocycles. The molecule has 140 valence electrons. The van der Waals surface area contributed by atoms with Crippen LogP contribution in [0.1, 0.15) is 55.8 Å². The van der Waals surface area contributed by atoms with Gasteiger partial charge in [-0.15, -0.1) is 11.6 Å². The monoisotopic (exact) mass is 376 g/mol. The predicted molar refractivity (Wildman–Crippen MR) is 100 cm³/mol. The molecule has 0 heterocycles. The first kappa shape index (κ1) is 17.7. The molecule has 5 nitrogen and oxygen atoms in total. The lowest BCUT2D eigenvalue weighted by Gasteiger charge is -2.60.